The summed E-state index contributed by atoms with van der Waals surface area (Å²) < 4.78 is 0. The molecule has 0 spiro atoms. The fourth-order valence-electron chi connectivity index (χ4n) is 2.07. The minimum atomic E-state index is -0.450. The first-order valence-electron chi connectivity index (χ1n) is 6.77. The number of anilines is 2. The molecule has 2 rings (SSSR count). The number of nitrogens with one attached hydrogen (secondary N) is 2. The van der Waals surface area contributed by atoms with Gasteiger partial charge in [0.1, 0.15) is 6.20 Å². The van der Waals surface area contributed by atoms with Gasteiger partial charge < -0.3 is 10.6 Å². The van der Waals surface area contributed by atoms with E-state index in [1.54, 1.807) is 0 Å². The number of thioether (sulfide) groups is 1. The highest BCUT2D eigenvalue weighted by Gasteiger charge is 2.19. The molecule has 0 aromatic carbocycles. The molecule has 1 aromatic heterocycles. The minimum absolute atomic E-state index is 0.0724. The molecule has 0 saturated carbocycles. The monoisotopic (exact) mass is 297 g/mol. The number of aromatic nitrogens is 2. The lowest BCUT2D eigenvalue weighted by Gasteiger charge is -2.21. The number of hydrogen-bond donors (Lipinski definition) is 2. The highest BCUT2D eigenvalue weighted by atomic mass is 32.2. The SMILES string of the molecule is CCNc1ncc([N+](=O)[O-])c(NCC2CCSCC2)n1. The third-order valence-electron chi connectivity index (χ3n) is 3.20. The van der Waals surface area contributed by atoms with Gasteiger partial charge >= 0.3 is 5.69 Å². The second-order valence-corrected chi connectivity index (χ2v) is 5.88. The summed E-state index contributed by atoms with van der Waals surface area (Å²) in [6.45, 7) is 3.33. The van der Waals surface area contributed by atoms with Crippen LogP contribution in [0.5, 0.6) is 0 Å². The van der Waals surface area contributed by atoms with Gasteiger partial charge in [-0.05, 0) is 37.2 Å². The van der Waals surface area contributed by atoms with Crippen molar-refractivity contribution in [2.45, 2.75) is 19.8 Å². The van der Waals surface area contributed by atoms with Crippen LogP contribution >= 0.6 is 11.8 Å². The smallest absolute Gasteiger partial charge is 0.329 e. The summed E-state index contributed by atoms with van der Waals surface area (Å²) in [5.74, 6) is 3.62. The number of hydrogen-bond acceptors (Lipinski definition) is 7. The van der Waals surface area contributed by atoms with Crippen LogP contribution in [0.1, 0.15) is 19.8 Å². The van der Waals surface area contributed by atoms with Crippen LogP contribution < -0.4 is 10.6 Å². The van der Waals surface area contributed by atoms with Gasteiger partial charge in [-0.3, -0.25) is 10.1 Å². The van der Waals surface area contributed by atoms with E-state index in [1.807, 2.05) is 18.7 Å². The summed E-state index contributed by atoms with van der Waals surface area (Å²) in [7, 11) is 0. The second kappa shape index (κ2) is 7.28. The summed E-state index contributed by atoms with van der Waals surface area (Å²) in [6.07, 6.45) is 3.55. The molecule has 0 atom stereocenters. The first-order chi connectivity index (χ1) is 9.70. The zero-order chi connectivity index (χ0) is 14.4. The van der Waals surface area contributed by atoms with Gasteiger partial charge in [0, 0.05) is 13.1 Å². The van der Waals surface area contributed by atoms with E-state index in [4.69, 9.17) is 0 Å². The Labute approximate surface area is 122 Å². The largest absolute Gasteiger partial charge is 0.364 e. The van der Waals surface area contributed by atoms with Crippen LogP contribution in [0, 0.1) is 16.0 Å². The molecular formula is C12H19N5O2S. The van der Waals surface area contributed by atoms with Crippen molar-refractivity contribution in [2.75, 3.05) is 35.2 Å². The number of rotatable bonds is 6. The molecule has 0 amide bonds. The lowest BCUT2D eigenvalue weighted by Crippen LogP contribution is -2.20. The summed E-state index contributed by atoms with van der Waals surface area (Å²) in [5.41, 5.74) is -0.0724. The predicted molar refractivity (Wildman–Crippen MR) is 81.4 cm³/mol. The number of nitrogens with zero attached hydrogens (tertiary/aromatic N) is 3. The molecule has 1 saturated heterocycles. The van der Waals surface area contributed by atoms with Crippen molar-refractivity contribution in [2.24, 2.45) is 5.92 Å². The first-order valence-corrected chi connectivity index (χ1v) is 7.93. The van der Waals surface area contributed by atoms with Gasteiger partial charge in [0.2, 0.25) is 11.8 Å². The Bertz CT molecular complexity index is 465. The molecule has 7 nitrogen and oxygen atoms in total. The molecule has 110 valence electrons. The molecule has 1 aromatic rings. The van der Waals surface area contributed by atoms with E-state index < -0.39 is 4.92 Å². The predicted octanol–water partition coefficient (Wildman–Crippen LogP) is 2.37. The normalized spacial score (nSPS) is 15.8. The quantitative estimate of drug-likeness (QED) is 0.615. The van der Waals surface area contributed by atoms with Crippen molar-refractivity contribution in [1.29, 1.82) is 0 Å². The minimum Gasteiger partial charge on any atom is -0.364 e. The fraction of sp³-hybridized carbons (Fsp3) is 0.667. The highest BCUT2D eigenvalue weighted by Crippen LogP contribution is 2.26. The molecule has 8 heteroatoms. The Kier molecular flexibility index (Phi) is 5.40. The summed E-state index contributed by atoms with van der Waals surface area (Å²) in [4.78, 5) is 18.7. The topological polar surface area (TPSA) is 93.0 Å². The molecule has 0 aliphatic carbocycles. The average Bonchev–Trinajstić information content (AvgIpc) is 2.46. The van der Waals surface area contributed by atoms with E-state index in [2.05, 4.69) is 20.6 Å². The van der Waals surface area contributed by atoms with Crippen LogP contribution in [-0.4, -0.2) is 39.5 Å². The van der Waals surface area contributed by atoms with Gasteiger partial charge in [0.05, 0.1) is 4.92 Å². The van der Waals surface area contributed by atoms with Crippen molar-refractivity contribution < 1.29 is 4.92 Å². The molecule has 1 aliphatic heterocycles. The van der Waals surface area contributed by atoms with E-state index in [0.29, 0.717) is 24.2 Å². The molecule has 20 heavy (non-hydrogen) atoms. The lowest BCUT2D eigenvalue weighted by molar-refractivity contribution is -0.384. The van der Waals surface area contributed by atoms with E-state index in [9.17, 15) is 10.1 Å². The maximum Gasteiger partial charge on any atom is 0.329 e. The van der Waals surface area contributed by atoms with Crippen molar-refractivity contribution in [3.63, 3.8) is 0 Å². The molecule has 2 heterocycles. The van der Waals surface area contributed by atoms with Crippen molar-refractivity contribution in [3.8, 4) is 0 Å². The molecule has 1 aliphatic rings. The number of nitro groups is 1. The zero-order valence-electron chi connectivity index (χ0n) is 11.5. The van der Waals surface area contributed by atoms with Crippen molar-refractivity contribution >= 4 is 29.2 Å². The van der Waals surface area contributed by atoms with Crippen molar-refractivity contribution in [3.05, 3.63) is 16.3 Å². The Morgan fingerprint density at radius 1 is 1.45 bits per heavy atom. The van der Waals surface area contributed by atoms with Crippen LogP contribution in [0.4, 0.5) is 17.5 Å². The van der Waals surface area contributed by atoms with Crippen LogP contribution in [0.15, 0.2) is 6.20 Å². The van der Waals surface area contributed by atoms with Gasteiger partial charge in [0.15, 0.2) is 0 Å². The first kappa shape index (κ1) is 14.8. The summed E-state index contributed by atoms with van der Waals surface area (Å²) in [5, 5.41) is 17.1. The van der Waals surface area contributed by atoms with Gasteiger partial charge in [-0.25, -0.2) is 4.98 Å². The maximum atomic E-state index is 11.0. The molecule has 2 N–H and O–H groups in total. The summed E-state index contributed by atoms with van der Waals surface area (Å²) >= 11 is 1.97. The second-order valence-electron chi connectivity index (χ2n) is 4.65. The maximum absolute atomic E-state index is 11.0. The Morgan fingerprint density at radius 2 is 2.20 bits per heavy atom. The highest BCUT2D eigenvalue weighted by molar-refractivity contribution is 7.99. The Hall–Kier alpha value is -1.57. The van der Waals surface area contributed by atoms with Gasteiger partial charge in [-0.2, -0.15) is 16.7 Å². The fourth-order valence-corrected chi connectivity index (χ4v) is 3.28. The van der Waals surface area contributed by atoms with Crippen LogP contribution in [0.3, 0.4) is 0 Å². The van der Waals surface area contributed by atoms with Crippen molar-refractivity contribution in [1.82, 2.24) is 9.97 Å². The summed E-state index contributed by atoms with van der Waals surface area (Å²) in [6, 6.07) is 0. The van der Waals surface area contributed by atoms with E-state index in [-0.39, 0.29) is 5.69 Å². The van der Waals surface area contributed by atoms with E-state index in [0.717, 1.165) is 19.4 Å². The van der Waals surface area contributed by atoms with Crippen LogP contribution in [0.2, 0.25) is 0 Å². The molecule has 1 fully saturated rings. The average molecular weight is 297 g/mol. The van der Waals surface area contributed by atoms with Gasteiger partial charge in [-0.15, -0.1) is 0 Å². The zero-order valence-corrected chi connectivity index (χ0v) is 12.3. The Balaban J connectivity index is 2.06. The van der Waals surface area contributed by atoms with E-state index in [1.165, 1.54) is 17.7 Å². The standard InChI is InChI=1S/C12H19N5O2S/c1-2-13-12-15-8-10(17(18)19)11(16-12)14-7-9-3-5-20-6-4-9/h8-9H,2-7H2,1H3,(H2,13,14,15,16). The Morgan fingerprint density at radius 3 is 2.85 bits per heavy atom. The molecule has 0 radical (unpaired) electrons. The third kappa shape index (κ3) is 3.96. The van der Waals surface area contributed by atoms with Gasteiger partial charge in [0.25, 0.3) is 0 Å². The lowest BCUT2D eigenvalue weighted by atomic mass is 10.0. The van der Waals surface area contributed by atoms with E-state index >= 15 is 0 Å². The van der Waals surface area contributed by atoms with Gasteiger partial charge in [-0.1, -0.05) is 0 Å². The third-order valence-corrected chi connectivity index (χ3v) is 4.25. The molecule has 0 unspecified atom stereocenters. The molecule has 0 bridgehead atoms. The molecular weight excluding hydrogens is 278 g/mol. The van der Waals surface area contributed by atoms with Crippen LogP contribution in [0.25, 0.3) is 0 Å². The van der Waals surface area contributed by atoms with Crippen LogP contribution in [-0.2, 0) is 0 Å².